The first-order valence-corrected chi connectivity index (χ1v) is 8.28. The van der Waals surface area contributed by atoms with Crippen molar-refractivity contribution in [1.82, 2.24) is 10.2 Å². The molecule has 2 aromatic rings. The molecule has 0 saturated carbocycles. The number of aromatic nitrogens is 2. The van der Waals surface area contributed by atoms with Crippen LogP contribution in [0.15, 0.2) is 33.9 Å². The van der Waals surface area contributed by atoms with Gasteiger partial charge >= 0.3 is 5.97 Å². The molecule has 0 unspecified atom stereocenters. The Bertz CT molecular complexity index is 664. The number of rotatable bonds is 7. The first kappa shape index (κ1) is 17.3. The van der Waals surface area contributed by atoms with Crippen LogP contribution in [-0.2, 0) is 5.41 Å². The lowest BCUT2D eigenvalue weighted by Crippen LogP contribution is -2.11. The number of para-hydroxylation sites is 1. The molecule has 0 bridgehead atoms. The number of ether oxygens (including phenoxy) is 1. The summed E-state index contributed by atoms with van der Waals surface area (Å²) in [5.74, 6) is 0.765. The van der Waals surface area contributed by atoms with Gasteiger partial charge in [0.1, 0.15) is 11.3 Å². The molecule has 0 aliphatic heterocycles. The Morgan fingerprint density at radius 3 is 2.70 bits per heavy atom. The van der Waals surface area contributed by atoms with Gasteiger partial charge < -0.3 is 14.3 Å². The van der Waals surface area contributed by atoms with Crippen molar-refractivity contribution in [2.24, 2.45) is 0 Å². The van der Waals surface area contributed by atoms with Crippen LogP contribution in [0.5, 0.6) is 5.75 Å². The number of nitrogens with zero attached hydrogens (tertiary/aromatic N) is 2. The minimum Gasteiger partial charge on any atom is -0.493 e. The van der Waals surface area contributed by atoms with E-state index >= 15 is 0 Å². The van der Waals surface area contributed by atoms with Gasteiger partial charge in [0.2, 0.25) is 5.89 Å². The fourth-order valence-corrected chi connectivity index (χ4v) is 2.41. The minimum absolute atomic E-state index is 0.157. The van der Waals surface area contributed by atoms with Gasteiger partial charge in [-0.05, 0) is 18.6 Å². The third-order valence-corrected chi connectivity index (χ3v) is 3.84. The predicted molar refractivity (Wildman–Crippen MR) is 87.2 cm³/mol. The van der Waals surface area contributed by atoms with E-state index in [2.05, 4.69) is 10.2 Å². The first-order chi connectivity index (χ1) is 10.9. The van der Waals surface area contributed by atoms with Gasteiger partial charge in [0.05, 0.1) is 6.61 Å². The van der Waals surface area contributed by atoms with Crippen LogP contribution in [0, 0.1) is 0 Å². The lowest BCUT2D eigenvalue weighted by molar-refractivity contribution is 0.0692. The summed E-state index contributed by atoms with van der Waals surface area (Å²) in [7, 11) is 0. The van der Waals surface area contributed by atoms with Crippen LogP contribution in [0.4, 0.5) is 0 Å². The Labute approximate surface area is 139 Å². The molecule has 0 atom stereocenters. The highest BCUT2D eigenvalue weighted by molar-refractivity contribution is 7.99. The van der Waals surface area contributed by atoms with Crippen molar-refractivity contribution in [1.29, 1.82) is 0 Å². The fraction of sp³-hybridized carbons (Fsp3) is 0.438. The van der Waals surface area contributed by atoms with Crippen molar-refractivity contribution in [2.45, 2.75) is 37.8 Å². The maximum Gasteiger partial charge on any atom is 0.339 e. The van der Waals surface area contributed by atoms with Gasteiger partial charge in [0.15, 0.2) is 0 Å². The number of carboxylic acids is 1. The summed E-state index contributed by atoms with van der Waals surface area (Å²) in [6.07, 6.45) is 0.742. The molecule has 1 heterocycles. The molecule has 1 N–H and O–H groups in total. The molecule has 124 valence electrons. The van der Waals surface area contributed by atoms with Gasteiger partial charge in [-0.25, -0.2) is 4.79 Å². The quantitative estimate of drug-likeness (QED) is 0.610. The van der Waals surface area contributed by atoms with E-state index in [1.54, 1.807) is 18.2 Å². The number of aromatic carboxylic acids is 1. The Balaban J connectivity index is 1.76. The van der Waals surface area contributed by atoms with Crippen LogP contribution in [0.2, 0.25) is 0 Å². The van der Waals surface area contributed by atoms with Gasteiger partial charge in [0, 0.05) is 11.2 Å². The van der Waals surface area contributed by atoms with E-state index in [1.807, 2.05) is 20.8 Å². The Hall–Kier alpha value is -2.02. The molecule has 7 heteroatoms. The lowest BCUT2D eigenvalue weighted by atomic mass is 9.97. The van der Waals surface area contributed by atoms with Crippen molar-refractivity contribution in [3.05, 3.63) is 35.7 Å². The van der Waals surface area contributed by atoms with Crippen LogP contribution in [0.3, 0.4) is 0 Å². The molecule has 0 spiro atoms. The standard InChI is InChI=1S/C16H20N2O4S/c1-16(2,3)14-17-18-15(22-14)23-10-6-9-21-12-8-5-4-7-11(12)13(19)20/h4-5,7-8H,6,9-10H2,1-3H3,(H,19,20). The van der Waals surface area contributed by atoms with E-state index in [9.17, 15) is 4.79 Å². The van der Waals surface area contributed by atoms with Crippen molar-refractivity contribution in [2.75, 3.05) is 12.4 Å². The second-order valence-corrected chi connectivity index (χ2v) is 7.02. The molecule has 0 amide bonds. The third-order valence-electron chi connectivity index (χ3n) is 2.94. The number of thioether (sulfide) groups is 1. The van der Waals surface area contributed by atoms with E-state index in [-0.39, 0.29) is 11.0 Å². The van der Waals surface area contributed by atoms with Crippen LogP contribution < -0.4 is 4.74 Å². The molecule has 0 aliphatic carbocycles. The summed E-state index contributed by atoms with van der Waals surface area (Å²) in [5, 5.41) is 17.7. The van der Waals surface area contributed by atoms with Crippen molar-refractivity contribution < 1.29 is 19.1 Å². The smallest absolute Gasteiger partial charge is 0.339 e. The average Bonchev–Trinajstić information content (AvgIpc) is 2.96. The van der Waals surface area contributed by atoms with Gasteiger partial charge in [0.25, 0.3) is 5.22 Å². The van der Waals surface area contributed by atoms with E-state index < -0.39 is 5.97 Å². The summed E-state index contributed by atoms with van der Waals surface area (Å²) in [5.41, 5.74) is 0.0158. The van der Waals surface area contributed by atoms with Gasteiger partial charge in [-0.15, -0.1) is 10.2 Å². The number of benzene rings is 1. The lowest BCUT2D eigenvalue weighted by Gasteiger charge is -2.10. The molecule has 1 aromatic carbocycles. The zero-order valence-corrected chi connectivity index (χ0v) is 14.2. The Morgan fingerprint density at radius 1 is 1.30 bits per heavy atom. The minimum atomic E-state index is -0.990. The van der Waals surface area contributed by atoms with Crippen molar-refractivity contribution in [3.8, 4) is 5.75 Å². The number of hydrogen-bond donors (Lipinski definition) is 1. The van der Waals surface area contributed by atoms with Gasteiger partial charge in [-0.1, -0.05) is 44.7 Å². The molecule has 0 aliphatic rings. The molecule has 2 rings (SSSR count). The van der Waals surface area contributed by atoms with Gasteiger partial charge in [-0.2, -0.15) is 0 Å². The molecule has 0 saturated heterocycles. The summed E-state index contributed by atoms with van der Waals surface area (Å²) < 4.78 is 11.1. The zero-order chi connectivity index (χ0) is 16.9. The van der Waals surface area contributed by atoms with Crippen LogP contribution in [0.1, 0.15) is 43.4 Å². The van der Waals surface area contributed by atoms with Crippen LogP contribution in [0.25, 0.3) is 0 Å². The zero-order valence-electron chi connectivity index (χ0n) is 13.4. The molecule has 6 nitrogen and oxygen atoms in total. The fourth-order valence-electron chi connectivity index (χ4n) is 1.74. The Kier molecular flexibility index (Phi) is 5.65. The average molecular weight is 336 g/mol. The van der Waals surface area contributed by atoms with E-state index in [4.69, 9.17) is 14.3 Å². The van der Waals surface area contributed by atoms with Crippen LogP contribution in [-0.4, -0.2) is 33.6 Å². The van der Waals surface area contributed by atoms with E-state index in [0.29, 0.717) is 23.5 Å². The SMILES string of the molecule is CC(C)(C)c1nnc(SCCCOc2ccccc2C(=O)O)o1. The highest BCUT2D eigenvalue weighted by Crippen LogP contribution is 2.25. The first-order valence-electron chi connectivity index (χ1n) is 7.30. The maximum atomic E-state index is 11.1. The van der Waals surface area contributed by atoms with E-state index in [1.165, 1.54) is 17.8 Å². The predicted octanol–water partition coefficient (Wildman–Crippen LogP) is 3.63. The second-order valence-electron chi connectivity index (χ2n) is 5.97. The normalized spacial score (nSPS) is 11.4. The topological polar surface area (TPSA) is 85.5 Å². The molecule has 0 radical (unpaired) electrons. The number of carboxylic acid groups (broad SMARTS) is 1. The van der Waals surface area contributed by atoms with E-state index in [0.717, 1.165) is 12.2 Å². The number of hydrogen-bond acceptors (Lipinski definition) is 6. The summed E-state index contributed by atoms with van der Waals surface area (Å²) in [6, 6.07) is 6.61. The van der Waals surface area contributed by atoms with Gasteiger partial charge in [-0.3, -0.25) is 0 Å². The summed E-state index contributed by atoms with van der Waals surface area (Å²) in [6.45, 7) is 6.48. The highest BCUT2D eigenvalue weighted by Gasteiger charge is 2.21. The molecule has 23 heavy (non-hydrogen) atoms. The number of carbonyl (C=O) groups is 1. The molecule has 0 fully saturated rings. The molecular weight excluding hydrogens is 316 g/mol. The van der Waals surface area contributed by atoms with Crippen molar-refractivity contribution in [3.63, 3.8) is 0 Å². The largest absolute Gasteiger partial charge is 0.493 e. The maximum absolute atomic E-state index is 11.1. The third kappa shape index (κ3) is 4.99. The Morgan fingerprint density at radius 2 is 2.04 bits per heavy atom. The monoisotopic (exact) mass is 336 g/mol. The highest BCUT2D eigenvalue weighted by atomic mass is 32.2. The van der Waals surface area contributed by atoms with Crippen molar-refractivity contribution >= 4 is 17.7 Å². The summed E-state index contributed by atoms with van der Waals surface area (Å²) in [4.78, 5) is 11.1. The van der Waals surface area contributed by atoms with Crippen LogP contribution >= 0.6 is 11.8 Å². The molecule has 1 aromatic heterocycles. The molecular formula is C16H20N2O4S. The second kappa shape index (κ2) is 7.50. The summed E-state index contributed by atoms with van der Waals surface area (Å²) >= 11 is 1.47.